The van der Waals surface area contributed by atoms with Gasteiger partial charge < -0.3 is 5.11 Å². The Morgan fingerprint density at radius 1 is 1.24 bits per heavy atom. The first-order chi connectivity index (χ1) is 8.18. The molecule has 2 rings (SSSR count). The lowest BCUT2D eigenvalue weighted by atomic mass is 10.0. The minimum atomic E-state index is -0.614. The smallest absolute Gasteiger partial charge is 0.0859 e. The first-order valence-electron chi connectivity index (χ1n) is 5.51. The molecule has 3 heteroatoms. The van der Waals surface area contributed by atoms with Gasteiger partial charge in [-0.25, -0.2) is 0 Å². The Morgan fingerprint density at radius 3 is 2.71 bits per heavy atom. The van der Waals surface area contributed by atoms with Gasteiger partial charge >= 0.3 is 0 Å². The fraction of sp³-hybridized carbons (Fsp3) is 0.214. The fourth-order valence-corrected chi connectivity index (χ4v) is 2.03. The van der Waals surface area contributed by atoms with Crippen molar-refractivity contribution in [1.29, 1.82) is 0 Å². The van der Waals surface area contributed by atoms with Gasteiger partial charge in [0.2, 0.25) is 0 Å². The molecule has 0 fully saturated rings. The van der Waals surface area contributed by atoms with Crippen molar-refractivity contribution in [3.05, 3.63) is 64.4 Å². The SMILES string of the molecule is Cc1cccnc1CC(O)c1ccccc1Cl. The second kappa shape index (κ2) is 5.30. The fourth-order valence-electron chi connectivity index (χ4n) is 1.77. The summed E-state index contributed by atoms with van der Waals surface area (Å²) < 4.78 is 0. The molecule has 0 radical (unpaired) electrons. The monoisotopic (exact) mass is 247 g/mol. The van der Waals surface area contributed by atoms with Crippen molar-refractivity contribution < 1.29 is 5.11 Å². The van der Waals surface area contributed by atoms with Gasteiger partial charge in [0.15, 0.2) is 0 Å². The summed E-state index contributed by atoms with van der Waals surface area (Å²) >= 11 is 6.04. The molecule has 0 saturated heterocycles. The first-order valence-corrected chi connectivity index (χ1v) is 5.89. The summed E-state index contributed by atoms with van der Waals surface area (Å²) in [4.78, 5) is 4.27. The number of nitrogens with zero attached hydrogens (tertiary/aromatic N) is 1. The van der Waals surface area contributed by atoms with Crippen LogP contribution in [0.1, 0.15) is 22.9 Å². The predicted octanol–water partition coefficient (Wildman–Crippen LogP) is 3.32. The normalized spacial score (nSPS) is 12.4. The van der Waals surface area contributed by atoms with Gasteiger partial charge in [-0.3, -0.25) is 4.98 Å². The van der Waals surface area contributed by atoms with Gasteiger partial charge in [0.1, 0.15) is 0 Å². The molecule has 1 unspecified atom stereocenters. The first kappa shape index (κ1) is 12.1. The van der Waals surface area contributed by atoms with Crippen molar-refractivity contribution in [2.24, 2.45) is 0 Å². The zero-order valence-corrected chi connectivity index (χ0v) is 10.4. The van der Waals surface area contributed by atoms with Gasteiger partial charge in [0.25, 0.3) is 0 Å². The molecule has 0 amide bonds. The summed E-state index contributed by atoms with van der Waals surface area (Å²) in [5.74, 6) is 0. The predicted molar refractivity (Wildman–Crippen MR) is 69.1 cm³/mol. The average molecular weight is 248 g/mol. The van der Waals surface area contributed by atoms with Crippen LogP contribution in [0.5, 0.6) is 0 Å². The molecule has 2 aromatic rings. The van der Waals surface area contributed by atoms with Crippen molar-refractivity contribution in [2.45, 2.75) is 19.4 Å². The largest absolute Gasteiger partial charge is 0.388 e. The minimum absolute atomic E-state index is 0.483. The van der Waals surface area contributed by atoms with Gasteiger partial charge in [-0.05, 0) is 30.2 Å². The minimum Gasteiger partial charge on any atom is -0.388 e. The molecule has 1 N–H and O–H groups in total. The Morgan fingerprint density at radius 2 is 2.00 bits per heavy atom. The molecule has 0 bridgehead atoms. The number of benzene rings is 1. The van der Waals surface area contributed by atoms with Crippen LogP contribution in [0, 0.1) is 6.92 Å². The number of hydrogen-bond donors (Lipinski definition) is 1. The second-order valence-corrected chi connectivity index (χ2v) is 4.42. The lowest BCUT2D eigenvalue weighted by Gasteiger charge is -2.13. The highest BCUT2D eigenvalue weighted by atomic mass is 35.5. The zero-order chi connectivity index (χ0) is 12.3. The maximum atomic E-state index is 10.2. The van der Waals surface area contributed by atoms with E-state index in [0.29, 0.717) is 11.4 Å². The van der Waals surface area contributed by atoms with E-state index in [1.807, 2.05) is 37.3 Å². The molecule has 1 heterocycles. The Labute approximate surface area is 106 Å². The van der Waals surface area contributed by atoms with Crippen LogP contribution in [0.3, 0.4) is 0 Å². The van der Waals surface area contributed by atoms with Crippen molar-refractivity contribution >= 4 is 11.6 Å². The van der Waals surface area contributed by atoms with Gasteiger partial charge in [-0.2, -0.15) is 0 Å². The van der Waals surface area contributed by atoms with Crippen LogP contribution in [0.15, 0.2) is 42.6 Å². The molecule has 88 valence electrons. The summed E-state index contributed by atoms with van der Waals surface area (Å²) in [6.45, 7) is 1.99. The van der Waals surface area contributed by atoms with Gasteiger partial charge in [0.05, 0.1) is 6.10 Å². The number of aliphatic hydroxyl groups excluding tert-OH is 1. The lowest BCUT2D eigenvalue weighted by Crippen LogP contribution is -2.05. The summed E-state index contributed by atoms with van der Waals surface area (Å²) in [6, 6.07) is 11.2. The molecular weight excluding hydrogens is 234 g/mol. The van der Waals surface area contributed by atoms with E-state index in [1.165, 1.54) is 0 Å². The van der Waals surface area contributed by atoms with Crippen LogP contribution < -0.4 is 0 Å². The number of rotatable bonds is 3. The maximum Gasteiger partial charge on any atom is 0.0859 e. The number of aromatic nitrogens is 1. The zero-order valence-electron chi connectivity index (χ0n) is 9.60. The molecule has 0 aliphatic carbocycles. The molecule has 0 spiro atoms. The van der Waals surface area contributed by atoms with Crippen molar-refractivity contribution in [2.75, 3.05) is 0 Å². The standard InChI is InChI=1S/C14H14ClNO/c1-10-5-4-8-16-13(10)9-14(17)11-6-2-3-7-12(11)15/h2-8,14,17H,9H2,1H3. The third-order valence-electron chi connectivity index (χ3n) is 2.77. The topological polar surface area (TPSA) is 33.1 Å². The van der Waals surface area contributed by atoms with E-state index in [-0.39, 0.29) is 0 Å². The van der Waals surface area contributed by atoms with Crippen LogP contribution in [0.25, 0.3) is 0 Å². The van der Waals surface area contributed by atoms with Crippen LogP contribution in [-0.4, -0.2) is 10.1 Å². The third-order valence-corrected chi connectivity index (χ3v) is 3.11. The maximum absolute atomic E-state index is 10.2. The Balaban J connectivity index is 2.20. The van der Waals surface area contributed by atoms with E-state index < -0.39 is 6.10 Å². The molecule has 0 aliphatic rings. The highest BCUT2D eigenvalue weighted by molar-refractivity contribution is 6.31. The molecule has 1 aromatic heterocycles. The summed E-state index contributed by atoms with van der Waals surface area (Å²) in [6.07, 6.45) is 1.61. The molecule has 1 aromatic carbocycles. The van der Waals surface area contributed by atoms with Crippen LogP contribution >= 0.6 is 11.6 Å². The number of hydrogen-bond acceptors (Lipinski definition) is 2. The quantitative estimate of drug-likeness (QED) is 0.903. The lowest BCUT2D eigenvalue weighted by molar-refractivity contribution is 0.177. The van der Waals surface area contributed by atoms with Crippen molar-refractivity contribution in [3.8, 4) is 0 Å². The molecule has 17 heavy (non-hydrogen) atoms. The number of aryl methyl sites for hydroxylation is 1. The Kier molecular flexibility index (Phi) is 3.77. The van der Waals surface area contributed by atoms with Gasteiger partial charge in [-0.1, -0.05) is 35.9 Å². The van der Waals surface area contributed by atoms with E-state index in [2.05, 4.69) is 4.98 Å². The number of aliphatic hydroxyl groups is 1. The second-order valence-electron chi connectivity index (χ2n) is 4.01. The molecule has 0 saturated carbocycles. The number of pyridine rings is 1. The van der Waals surface area contributed by atoms with E-state index in [9.17, 15) is 5.11 Å². The van der Waals surface area contributed by atoms with Crippen LogP contribution in [-0.2, 0) is 6.42 Å². The third kappa shape index (κ3) is 2.84. The summed E-state index contributed by atoms with van der Waals surface area (Å²) in [5.41, 5.74) is 2.73. The van der Waals surface area contributed by atoms with Crippen LogP contribution in [0.2, 0.25) is 5.02 Å². The highest BCUT2D eigenvalue weighted by Crippen LogP contribution is 2.25. The Hall–Kier alpha value is -1.38. The highest BCUT2D eigenvalue weighted by Gasteiger charge is 2.13. The molecule has 0 aliphatic heterocycles. The Bertz CT molecular complexity index is 513. The molecule has 2 nitrogen and oxygen atoms in total. The molecular formula is C14H14ClNO. The number of halogens is 1. The van der Waals surface area contributed by atoms with Gasteiger partial charge in [-0.15, -0.1) is 0 Å². The van der Waals surface area contributed by atoms with E-state index in [4.69, 9.17) is 11.6 Å². The van der Waals surface area contributed by atoms with Crippen molar-refractivity contribution in [3.63, 3.8) is 0 Å². The average Bonchev–Trinajstić information content (AvgIpc) is 2.32. The van der Waals surface area contributed by atoms with E-state index in [1.54, 1.807) is 12.3 Å². The summed E-state index contributed by atoms with van der Waals surface area (Å²) in [7, 11) is 0. The van der Waals surface area contributed by atoms with Crippen LogP contribution in [0.4, 0.5) is 0 Å². The van der Waals surface area contributed by atoms with Gasteiger partial charge in [0, 0.05) is 23.3 Å². The molecule has 1 atom stereocenters. The van der Waals surface area contributed by atoms with E-state index >= 15 is 0 Å². The van der Waals surface area contributed by atoms with E-state index in [0.717, 1.165) is 16.8 Å². The van der Waals surface area contributed by atoms with Crippen molar-refractivity contribution in [1.82, 2.24) is 4.98 Å². The summed E-state index contributed by atoms with van der Waals surface area (Å²) in [5, 5.41) is 10.7.